The third kappa shape index (κ3) is 7.35. The number of carbonyl (C=O) groups excluding carboxylic acids is 1. The summed E-state index contributed by atoms with van der Waals surface area (Å²) in [4.78, 5) is 31.9. The largest absolute Gasteiger partial charge is 0.480 e. The van der Waals surface area contributed by atoms with Crippen LogP contribution in [0.5, 0.6) is 0 Å². The van der Waals surface area contributed by atoms with Crippen LogP contribution in [-0.4, -0.2) is 86.7 Å². The zero-order valence-corrected chi connectivity index (χ0v) is 25.2. The lowest BCUT2D eigenvalue weighted by molar-refractivity contribution is -0.146. The number of halogens is 6. The number of amides is 1. The Kier molecular flexibility index (Phi) is 10.6. The quantitative estimate of drug-likeness (QED) is 0.311. The van der Waals surface area contributed by atoms with Crippen LogP contribution in [0.15, 0.2) is 12.3 Å². The molecule has 3 fully saturated rings. The number of carbonyl (C=O) groups is 2. The Hall–Kier alpha value is -2.67. The lowest BCUT2D eigenvalue weighted by atomic mass is 9.88. The van der Waals surface area contributed by atoms with Gasteiger partial charge in [0.25, 0.3) is 11.8 Å². The Bertz CT molecular complexity index is 1270. The molecule has 3 heterocycles. The summed E-state index contributed by atoms with van der Waals surface area (Å²) in [6.07, 6.45) is -1.36. The Labute approximate surface area is 257 Å². The summed E-state index contributed by atoms with van der Waals surface area (Å²) in [6, 6.07) is 1.93. The van der Waals surface area contributed by atoms with Crippen molar-refractivity contribution in [1.82, 2.24) is 14.8 Å². The van der Waals surface area contributed by atoms with Gasteiger partial charge in [-0.15, -0.1) is 12.4 Å². The van der Waals surface area contributed by atoms with Crippen molar-refractivity contribution in [3.05, 3.63) is 23.5 Å². The minimum Gasteiger partial charge on any atom is -0.480 e. The fraction of sp³-hybridized carbons (Fsp3) is 0.667. The van der Waals surface area contributed by atoms with Gasteiger partial charge in [0.15, 0.2) is 10.8 Å². The number of rotatable bonds is 8. The highest BCUT2D eigenvalue weighted by Crippen LogP contribution is 2.40. The highest BCUT2D eigenvalue weighted by Gasteiger charge is 2.53. The van der Waals surface area contributed by atoms with E-state index in [1.54, 1.807) is 18.7 Å². The van der Waals surface area contributed by atoms with Gasteiger partial charge in [-0.3, -0.25) is 19.4 Å². The lowest BCUT2D eigenvalue weighted by Gasteiger charge is -2.41. The van der Waals surface area contributed by atoms with E-state index in [9.17, 15) is 31.5 Å². The normalized spacial score (nSPS) is 25.8. The van der Waals surface area contributed by atoms with Crippen LogP contribution in [0, 0.1) is 17.2 Å². The van der Waals surface area contributed by atoms with Crippen LogP contribution in [0.2, 0.25) is 0 Å². The number of nitrogens with zero attached hydrogens (tertiary/aromatic N) is 5. The van der Waals surface area contributed by atoms with Crippen molar-refractivity contribution in [2.75, 3.05) is 31.1 Å². The molecule has 0 spiro atoms. The maximum absolute atomic E-state index is 14.6. The number of nitriles is 1. The summed E-state index contributed by atoms with van der Waals surface area (Å²) >= 11 is 5.59. The zero-order valence-electron chi connectivity index (χ0n) is 23.6. The Morgan fingerprint density at radius 3 is 2.44 bits per heavy atom. The number of piperidine rings is 1. The number of carboxylic acids is 1. The summed E-state index contributed by atoms with van der Waals surface area (Å²) in [7, 11) is 0. The van der Waals surface area contributed by atoms with Gasteiger partial charge < -0.3 is 14.7 Å². The maximum atomic E-state index is 14.6. The molecule has 4 rings (SSSR count). The second-order valence-corrected chi connectivity index (χ2v) is 11.9. The summed E-state index contributed by atoms with van der Waals surface area (Å²) in [5.41, 5.74) is -3.38. The van der Waals surface area contributed by atoms with Crippen molar-refractivity contribution in [2.45, 2.75) is 82.2 Å². The first-order chi connectivity index (χ1) is 19.6. The summed E-state index contributed by atoms with van der Waals surface area (Å²) in [5, 5.41) is 18.0. The van der Waals surface area contributed by atoms with Gasteiger partial charge in [-0.05, 0) is 77.2 Å². The first-order valence-corrected chi connectivity index (χ1v) is 14.1. The van der Waals surface area contributed by atoms with Gasteiger partial charge >= 0.3 is 12.1 Å². The second kappa shape index (κ2) is 13.1. The van der Waals surface area contributed by atoms with E-state index in [0.29, 0.717) is 31.7 Å². The third-order valence-corrected chi connectivity index (χ3v) is 8.66. The van der Waals surface area contributed by atoms with Crippen LogP contribution >= 0.6 is 24.6 Å². The number of hydrogen-bond acceptors (Lipinski definition) is 7. The third-order valence-electron chi connectivity index (χ3n) is 8.28. The molecule has 0 aromatic carbocycles. The number of thiocarbonyl (C=S) groups is 1. The molecule has 1 aromatic rings. The number of aromatic nitrogens is 1. The summed E-state index contributed by atoms with van der Waals surface area (Å²) < 4.78 is 75.6. The standard InChI is InChI=1S/C27H32F5N5O4S.ClH/c1-25(2)23(40)36(18-11-20(27(30,31)32)21(12-33)34-13-18)24(42)37(25)17-3-5-19(6-4-17)41-10-8-16-7-9-35(14-22(38)39)15-26(16,28)29;/h11,13,16-17,19H,3-10,14-15H2,1-2H3,(H,38,39);1H. The van der Waals surface area contributed by atoms with Crippen molar-refractivity contribution in [1.29, 1.82) is 5.26 Å². The molecule has 1 aromatic heterocycles. The fourth-order valence-electron chi connectivity index (χ4n) is 6.12. The smallest absolute Gasteiger partial charge is 0.419 e. The molecule has 0 radical (unpaired) electrons. The van der Waals surface area contributed by atoms with Gasteiger partial charge in [0.05, 0.1) is 36.6 Å². The molecule has 9 nitrogen and oxygen atoms in total. The highest BCUT2D eigenvalue weighted by atomic mass is 35.5. The molecular weight excluding hydrogens is 621 g/mol. The molecular formula is C27H33ClF5N5O4S. The molecule has 238 valence electrons. The van der Waals surface area contributed by atoms with E-state index in [1.807, 2.05) is 0 Å². The van der Waals surface area contributed by atoms with Gasteiger partial charge in [-0.1, -0.05) is 0 Å². The number of likely N-dealkylation sites (tertiary alicyclic amines) is 1. The van der Waals surface area contributed by atoms with E-state index in [-0.39, 0.29) is 61.3 Å². The van der Waals surface area contributed by atoms with Crippen LogP contribution in [0.1, 0.15) is 63.6 Å². The van der Waals surface area contributed by atoms with Gasteiger partial charge in [-0.2, -0.15) is 18.4 Å². The van der Waals surface area contributed by atoms with E-state index in [0.717, 1.165) is 11.1 Å². The van der Waals surface area contributed by atoms with E-state index in [1.165, 1.54) is 11.0 Å². The SMILES string of the molecule is CC1(C)C(=O)N(c2cnc(C#N)c(C(F)(F)F)c2)C(=S)N1C1CCC(OCCC2CCN(CC(=O)O)CC2(F)F)CC1.Cl. The van der Waals surface area contributed by atoms with Crippen LogP contribution < -0.4 is 4.90 Å². The maximum Gasteiger partial charge on any atom is 0.419 e. The molecule has 1 saturated carbocycles. The first kappa shape index (κ1) is 34.8. The van der Waals surface area contributed by atoms with Crippen LogP contribution in [0.4, 0.5) is 27.6 Å². The van der Waals surface area contributed by atoms with E-state index >= 15 is 0 Å². The van der Waals surface area contributed by atoms with Crippen molar-refractivity contribution >= 4 is 47.3 Å². The molecule has 1 N–H and O–H groups in total. The molecule has 0 bridgehead atoms. The molecule has 16 heteroatoms. The van der Waals surface area contributed by atoms with Gasteiger partial charge in [0.1, 0.15) is 11.6 Å². The molecule has 1 atom stereocenters. The van der Waals surface area contributed by atoms with Crippen molar-refractivity contribution in [3.8, 4) is 6.07 Å². The minimum absolute atomic E-state index is 0. The number of aliphatic carboxylic acids is 1. The first-order valence-electron chi connectivity index (χ1n) is 13.6. The monoisotopic (exact) mass is 653 g/mol. The van der Waals surface area contributed by atoms with Crippen LogP contribution in [-0.2, 0) is 20.5 Å². The Morgan fingerprint density at radius 1 is 1.23 bits per heavy atom. The predicted molar refractivity (Wildman–Crippen MR) is 151 cm³/mol. The van der Waals surface area contributed by atoms with Crippen molar-refractivity contribution in [3.63, 3.8) is 0 Å². The number of carboxylic acid groups (broad SMARTS) is 1. The van der Waals surface area contributed by atoms with Crippen LogP contribution in [0.3, 0.4) is 0 Å². The van der Waals surface area contributed by atoms with E-state index in [2.05, 4.69) is 4.98 Å². The topological polar surface area (TPSA) is 110 Å². The van der Waals surface area contributed by atoms with Crippen LogP contribution in [0.25, 0.3) is 0 Å². The Balaban J connectivity index is 0.00000506. The number of pyridine rings is 1. The molecule has 2 saturated heterocycles. The predicted octanol–water partition coefficient (Wildman–Crippen LogP) is 4.87. The summed E-state index contributed by atoms with van der Waals surface area (Å²) in [5.74, 6) is -5.55. The van der Waals surface area contributed by atoms with E-state index < -0.39 is 59.8 Å². The van der Waals surface area contributed by atoms with Gasteiger partial charge in [0.2, 0.25) is 0 Å². The van der Waals surface area contributed by atoms with Gasteiger partial charge in [0, 0.05) is 18.6 Å². The molecule has 1 aliphatic carbocycles. The van der Waals surface area contributed by atoms with Gasteiger partial charge in [-0.25, -0.2) is 13.8 Å². The minimum atomic E-state index is -4.85. The molecule has 1 amide bonds. The molecule has 2 aliphatic heterocycles. The highest BCUT2D eigenvalue weighted by molar-refractivity contribution is 7.80. The van der Waals surface area contributed by atoms with E-state index in [4.69, 9.17) is 27.3 Å². The summed E-state index contributed by atoms with van der Waals surface area (Å²) in [6.45, 7) is 2.71. The fourth-order valence-corrected chi connectivity index (χ4v) is 6.68. The van der Waals surface area contributed by atoms with Crippen molar-refractivity contribution in [2.24, 2.45) is 5.92 Å². The lowest BCUT2D eigenvalue weighted by Crippen LogP contribution is -2.51. The average Bonchev–Trinajstić information content (AvgIpc) is 3.07. The number of ether oxygens (including phenoxy) is 1. The van der Waals surface area contributed by atoms with Crippen molar-refractivity contribution < 1.29 is 41.4 Å². The second-order valence-electron chi connectivity index (χ2n) is 11.5. The molecule has 43 heavy (non-hydrogen) atoms. The molecule has 1 unspecified atom stereocenters. The number of alkyl halides is 5. The molecule has 3 aliphatic rings. The Morgan fingerprint density at radius 2 is 1.88 bits per heavy atom. The zero-order chi connectivity index (χ0) is 31.0. The number of anilines is 1. The average molecular weight is 654 g/mol. The number of hydrogen-bond donors (Lipinski definition) is 1.